The molecule has 0 N–H and O–H groups in total. The molecule has 0 saturated carbocycles. The van der Waals surface area contributed by atoms with E-state index in [-0.39, 0.29) is 18.1 Å². The van der Waals surface area contributed by atoms with Crippen LogP contribution in [0.4, 0.5) is 10.5 Å². The number of hydrogen-bond acceptors (Lipinski definition) is 2. The molecule has 4 nitrogen and oxygen atoms in total. The van der Waals surface area contributed by atoms with Gasteiger partial charge in [-0.3, -0.25) is 4.90 Å². The van der Waals surface area contributed by atoms with E-state index >= 15 is 0 Å². The normalized spacial score (nSPS) is 23.4. The monoisotopic (exact) mass is 393 g/mol. The van der Waals surface area contributed by atoms with Crippen LogP contribution in [-0.4, -0.2) is 34.5 Å². The third-order valence-electron chi connectivity index (χ3n) is 6.38. The Hall–Kier alpha value is -2.33. The Morgan fingerprint density at radius 1 is 1.25 bits per heavy atom. The average molecular weight is 394 g/mol. The van der Waals surface area contributed by atoms with Crippen LogP contribution in [0, 0.1) is 6.92 Å². The van der Waals surface area contributed by atoms with Gasteiger partial charge in [0.15, 0.2) is 0 Å². The second-order valence-corrected chi connectivity index (χ2v) is 8.48. The molecule has 2 amide bonds. The van der Waals surface area contributed by atoms with E-state index in [1.54, 1.807) is 0 Å². The van der Waals surface area contributed by atoms with Gasteiger partial charge in [0.25, 0.3) is 0 Å². The first-order valence-electron chi connectivity index (χ1n) is 10.1. The predicted molar refractivity (Wildman–Crippen MR) is 113 cm³/mol. The lowest BCUT2D eigenvalue weighted by atomic mass is 9.93. The zero-order valence-electron chi connectivity index (χ0n) is 16.1. The SMILES string of the molecule is Cc1cc(Cl)ncc1C1=CC2CCC(C1)N2C(=O)N1CCCc2ccccc21. The number of aryl methyl sites for hydroxylation is 2. The number of pyridine rings is 1. The lowest BCUT2D eigenvalue weighted by Crippen LogP contribution is -2.51. The Balaban J connectivity index is 1.44. The number of carbonyl (C=O) groups excluding carboxylic acids is 1. The van der Waals surface area contributed by atoms with Gasteiger partial charge in [-0.1, -0.05) is 35.9 Å². The van der Waals surface area contributed by atoms with Crippen molar-refractivity contribution in [3.05, 3.63) is 64.4 Å². The van der Waals surface area contributed by atoms with Crippen molar-refractivity contribution in [1.82, 2.24) is 9.88 Å². The van der Waals surface area contributed by atoms with Crippen molar-refractivity contribution < 1.29 is 4.79 Å². The molecule has 1 saturated heterocycles. The highest BCUT2D eigenvalue weighted by Crippen LogP contribution is 2.41. The number of urea groups is 1. The molecular formula is C23H24ClN3O. The van der Waals surface area contributed by atoms with Crippen molar-refractivity contribution in [3.63, 3.8) is 0 Å². The summed E-state index contributed by atoms with van der Waals surface area (Å²) in [4.78, 5) is 21.9. The van der Waals surface area contributed by atoms with Crippen LogP contribution < -0.4 is 4.90 Å². The molecule has 1 fully saturated rings. The van der Waals surface area contributed by atoms with E-state index in [1.807, 2.05) is 23.2 Å². The minimum Gasteiger partial charge on any atom is -0.315 e. The van der Waals surface area contributed by atoms with Gasteiger partial charge in [-0.15, -0.1) is 0 Å². The minimum absolute atomic E-state index is 0.168. The van der Waals surface area contributed by atoms with Crippen LogP contribution in [0.1, 0.15) is 42.4 Å². The number of benzene rings is 1. The predicted octanol–water partition coefficient (Wildman–Crippen LogP) is 5.24. The Morgan fingerprint density at radius 2 is 2.11 bits per heavy atom. The molecule has 2 bridgehead atoms. The number of anilines is 1. The molecule has 2 aromatic rings. The maximum atomic E-state index is 13.5. The number of amides is 2. The molecule has 0 aliphatic carbocycles. The standard InChI is InChI=1S/C23H24ClN3O/c1-15-11-22(24)25-14-20(15)17-12-18-8-9-19(13-17)27(18)23(28)26-10-4-6-16-5-2-3-7-21(16)26/h2-3,5,7,11-12,14,18-19H,4,6,8-10,13H2,1H3. The molecule has 3 aliphatic heterocycles. The topological polar surface area (TPSA) is 36.4 Å². The third kappa shape index (κ3) is 2.91. The summed E-state index contributed by atoms with van der Waals surface area (Å²) < 4.78 is 0. The number of hydrogen-bond donors (Lipinski definition) is 0. The molecule has 2 atom stereocenters. The van der Waals surface area contributed by atoms with Gasteiger partial charge in [0.1, 0.15) is 5.15 Å². The van der Waals surface area contributed by atoms with Crippen LogP contribution in [-0.2, 0) is 6.42 Å². The van der Waals surface area contributed by atoms with Crippen molar-refractivity contribution in [2.75, 3.05) is 11.4 Å². The quantitative estimate of drug-likeness (QED) is 0.621. The first-order valence-corrected chi connectivity index (χ1v) is 10.5. The summed E-state index contributed by atoms with van der Waals surface area (Å²) in [6.45, 7) is 2.89. The molecule has 0 spiro atoms. The molecule has 144 valence electrons. The summed E-state index contributed by atoms with van der Waals surface area (Å²) in [5, 5.41) is 0.529. The number of fused-ring (bicyclic) bond motifs is 3. The summed E-state index contributed by atoms with van der Waals surface area (Å²) in [7, 11) is 0. The van der Waals surface area contributed by atoms with Gasteiger partial charge in [-0.25, -0.2) is 9.78 Å². The van der Waals surface area contributed by atoms with Crippen LogP contribution in [0.3, 0.4) is 0 Å². The number of nitrogens with zero attached hydrogens (tertiary/aromatic N) is 3. The Bertz CT molecular complexity index is 970. The van der Waals surface area contributed by atoms with E-state index in [9.17, 15) is 4.79 Å². The van der Waals surface area contributed by atoms with Crippen molar-refractivity contribution >= 4 is 28.9 Å². The van der Waals surface area contributed by atoms with Crippen molar-refractivity contribution in [2.45, 2.75) is 51.1 Å². The van der Waals surface area contributed by atoms with Crippen LogP contribution >= 0.6 is 11.6 Å². The molecule has 3 aliphatic rings. The highest BCUT2D eigenvalue weighted by Gasteiger charge is 2.42. The smallest absolute Gasteiger partial charge is 0.315 e. The number of halogens is 1. The van der Waals surface area contributed by atoms with Crippen LogP contribution in [0.2, 0.25) is 5.15 Å². The first-order chi connectivity index (χ1) is 13.6. The number of carbonyl (C=O) groups is 1. The fourth-order valence-corrected chi connectivity index (χ4v) is 5.27. The largest absolute Gasteiger partial charge is 0.325 e. The number of rotatable bonds is 1. The highest BCUT2D eigenvalue weighted by atomic mass is 35.5. The zero-order chi connectivity index (χ0) is 19.3. The van der Waals surface area contributed by atoms with E-state index < -0.39 is 0 Å². The fourth-order valence-electron chi connectivity index (χ4n) is 5.06. The lowest BCUT2D eigenvalue weighted by Gasteiger charge is -2.39. The van der Waals surface area contributed by atoms with Crippen molar-refractivity contribution in [3.8, 4) is 0 Å². The molecule has 2 unspecified atom stereocenters. The van der Waals surface area contributed by atoms with E-state index in [0.717, 1.165) is 55.5 Å². The number of para-hydroxylation sites is 1. The Morgan fingerprint density at radius 3 is 2.93 bits per heavy atom. The summed E-state index contributed by atoms with van der Waals surface area (Å²) >= 11 is 6.03. The molecular weight excluding hydrogens is 370 g/mol. The van der Waals surface area contributed by atoms with Crippen molar-refractivity contribution in [2.24, 2.45) is 0 Å². The Kier molecular flexibility index (Phi) is 4.39. The molecule has 1 aromatic heterocycles. The number of aromatic nitrogens is 1. The molecule has 0 radical (unpaired) electrons. The minimum atomic E-state index is 0.168. The van der Waals surface area contributed by atoms with E-state index in [1.165, 1.54) is 11.1 Å². The molecule has 28 heavy (non-hydrogen) atoms. The van der Waals surface area contributed by atoms with Crippen molar-refractivity contribution in [1.29, 1.82) is 0 Å². The molecule has 1 aromatic carbocycles. The van der Waals surface area contributed by atoms with E-state index in [2.05, 4.69) is 41.1 Å². The highest BCUT2D eigenvalue weighted by molar-refractivity contribution is 6.29. The van der Waals surface area contributed by atoms with E-state index in [4.69, 9.17) is 11.6 Å². The summed E-state index contributed by atoms with van der Waals surface area (Å²) in [5.74, 6) is 0. The average Bonchev–Trinajstić information content (AvgIpc) is 2.96. The van der Waals surface area contributed by atoms with Gasteiger partial charge in [0.2, 0.25) is 0 Å². The Labute approximate surface area is 170 Å². The maximum Gasteiger partial charge on any atom is 0.325 e. The van der Waals surface area contributed by atoms with Gasteiger partial charge < -0.3 is 4.90 Å². The van der Waals surface area contributed by atoms with E-state index in [0.29, 0.717) is 5.15 Å². The lowest BCUT2D eigenvalue weighted by molar-refractivity contribution is 0.186. The summed E-state index contributed by atoms with van der Waals surface area (Å²) in [5.41, 5.74) is 5.99. The zero-order valence-corrected chi connectivity index (χ0v) is 16.8. The summed E-state index contributed by atoms with van der Waals surface area (Å²) in [6.07, 6.45) is 9.24. The van der Waals surface area contributed by atoms with Gasteiger partial charge in [0, 0.05) is 24.5 Å². The van der Waals surface area contributed by atoms with Crippen LogP contribution in [0.15, 0.2) is 42.6 Å². The van der Waals surface area contributed by atoms with Crippen LogP contribution in [0.5, 0.6) is 0 Å². The van der Waals surface area contributed by atoms with Gasteiger partial charge in [-0.2, -0.15) is 0 Å². The first kappa shape index (κ1) is 17.7. The molecule has 5 heteroatoms. The van der Waals surface area contributed by atoms with Gasteiger partial charge >= 0.3 is 6.03 Å². The fraction of sp³-hybridized carbons (Fsp3) is 0.391. The van der Waals surface area contributed by atoms with Crippen LogP contribution in [0.25, 0.3) is 5.57 Å². The maximum absolute atomic E-state index is 13.5. The summed E-state index contributed by atoms with van der Waals surface area (Å²) in [6, 6.07) is 10.9. The van der Waals surface area contributed by atoms with Gasteiger partial charge in [-0.05, 0) is 73.4 Å². The second-order valence-electron chi connectivity index (χ2n) is 8.09. The molecule has 4 heterocycles. The third-order valence-corrected chi connectivity index (χ3v) is 6.59. The van der Waals surface area contributed by atoms with Gasteiger partial charge in [0.05, 0.1) is 6.04 Å². The second kappa shape index (κ2) is 6.93. The molecule has 5 rings (SSSR count).